The van der Waals surface area contributed by atoms with Crippen LogP contribution in [0.15, 0.2) is 48.5 Å². The van der Waals surface area contributed by atoms with Crippen molar-refractivity contribution in [2.24, 2.45) is 0 Å². The second kappa shape index (κ2) is 10.9. The minimum atomic E-state index is -5.00. The molecule has 0 spiro atoms. The van der Waals surface area contributed by atoms with Crippen LogP contribution < -0.4 is 14.9 Å². The highest BCUT2D eigenvalue weighted by Crippen LogP contribution is 2.39. The molecule has 1 fully saturated rings. The molecule has 1 atom stereocenters. The van der Waals surface area contributed by atoms with Crippen LogP contribution in [-0.2, 0) is 35.5 Å². The van der Waals surface area contributed by atoms with Gasteiger partial charge in [0.15, 0.2) is 5.69 Å². The molecular formula is C27H25F6N5O4S. The van der Waals surface area contributed by atoms with Gasteiger partial charge in [-0.3, -0.25) is 9.59 Å². The lowest BCUT2D eigenvalue weighted by Gasteiger charge is -2.21. The summed E-state index contributed by atoms with van der Waals surface area (Å²) < 4.78 is 109. The van der Waals surface area contributed by atoms with Crippen molar-refractivity contribution in [3.63, 3.8) is 0 Å². The number of fused-ring (bicyclic) bond motifs is 1. The van der Waals surface area contributed by atoms with Crippen molar-refractivity contribution in [2.45, 2.75) is 56.5 Å². The number of hydrogen-bond acceptors (Lipinski definition) is 6. The molecule has 1 aliphatic heterocycles. The van der Waals surface area contributed by atoms with Crippen LogP contribution in [0.5, 0.6) is 0 Å². The fourth-order valence-corrected chi connectivity index (χ4v) is 6.10. The van der Waals surface area contributed by atoms with Crippen LogP contribution >= 0.6 is 0 Å². The lowest BCUT2D eigenvalue weighted by molar-refractivity contribution is -0.142. The topological polar surface area (TPSA) is 113 Å². The first-order chi connectivity index (χ1) is 20.0. The van der Waals surface area contributed by atoms with E-state index in [4.69, 9.17) is 0 Å². The Morgan fingerprint density at radius 3 is 2.26 bits per heavy atom. The molecule has 1 aliphatic carbocycles. The summed E-state index contributed by atoms with van der Waals surface area (Å²) in [5.41, 5.74) is -2.46. The van der Waals surface area contributed by atoms with Crippen molar-refractivity contribution in [3.05, 3.63) is 82.0 Å². The van der Waals surface area contributed by atoms with Gasteiger partial charge in [-0.05, 0) is 55.2 Å². The van der Waals surface area contributed by atoms with Crippen LogP contribution in [0.4, 0.5) is 32.2 Å². The number of rotatable bonds is 8. The Balaban J connectivity index is 1.36. The number of amides is 2. The third-order valence-electron chi connectivity index (χ3n) is 7.15. The summed E-state index contributed by atoms with van der Waals surface area (Å²) in [6.45, 7) is 1.41. The Kier molecular flexibility index (Phi) is 7.69. The Morgan fingerprint density at radius 1 is 0.977 bits per heavy atom. The van der Waals surface area contributed by atoms with Crippen LogP contribution in [0.3, 0.4) is 0 Å². The minimum Gasteiger partial charge on any atom is -0.350 e. The number of hydrogen-bond donors (Lipinski definition) is 2. The molecule has 16 heteroatoms. The molecule has 2 aliphatic rings. The molecule has 1 aromatic heterocycles. The van der Waals surface area contributed by atoms with E-state index >= 15 is 0 Å². The number of alkyl halides is 6. The van der Waals surface area contributed by atoms with Gasteiger partial charge in [-0.1, -0.05) is 24.3 Å². The number of carbonyl (C=O) groups excluding carboxylic acids is 2. The van der Waals surface area contributed by atoms with Crippen molar-refractivity contribution < 1.29 is 44.3 Å². The summed E-state index contributed by atoms with van der Waals surface area (Å²) >= 11 is 0. The van der Waals surface area contributed by atoms with Crippen LogP contribution in [0.1, 0.15) is 68.9 Å². The fraction of sp³-hybridized carbons (Fsp3) is 0.370. The summed E-state index contributed by atoms with van der Waals surface area (Å²) in [4.78, 5) is 27.0. The van der Waals surface area contributed by atoms with Gasteiger partial charge in [-0.25, -0.2) is 17.8 Å². The van der Waals surface area contributed by atoms with Crippen LogP contribution in [0.2, 0.25) is 0 Å². The van der Waals surface area contributed by atoms with Gasteiger partial charge in [0.1, 0.15) is 11.4 Å². The molecule has 43 heavy (non-hydrogen) atoms. The van der Waals surface area contributed by atoms with Gasteiger partial charge in [0, 0.05) is 18.7 Å². The molecule has 0 radical (unpaired) electrons. The lowest BCUT2D eigenvalue weighted by Crippen LogP contribution is -2.33. The molecule has 9 nitrogen and oxygen atoms in total. The quantitative estimate of drug-likeness (QED) is 0.351. The van der Waals surface area contributed by atoms with Crippen molar-refractivity contribution >= 4 is 27.7 Å². The van der Waals surface area contributed by atoms with Crippen LogP contribution in [0, 0.1) is 0 Å². The SMILES string of the molecule is C[C@H](NC(=O)c1c(C(F)(F)F)nn2c1N(Cc1cccc(C(F)(F)F)c1)CC2)c1ccc(C(=O)NS(=O)(=O)C2CC2)cc1. The smallest absolute Gasteiger partial charge is 0.350 e. The molecule has 2 amide bonds. The average molecular weight is 630 g/mol. The van der Waals surface area contributed by atoms with E-state index in [2.05, 4.69) is 10.4 Å². The normalized spacial score (nSPS) is 16.1. The second-order valence-corrected chi connectivity index (χ2v) is 12.3. The second-order valence-electron chi connectivity index (χ2n) is 10.4. The monoisotopic (exact) mass is 629 g/mol. The van der Waals surface area contributed by atoms with Gasteiger partial charge in [-0.2, -0.15) is 31.4 Å². The highest BCUT2D eigenvalue weighted by molar-refractivity contribution is 7.91. The summed E-state index contributed by atoms with van der Waals surface area (Å²) in [6, 6.07) is 9.04. The van der Waals surface area contributed by atoms with Crippen molar-refractivity contribution in [2.75, 3.05) is 11.4 Å². The molecule has 2 heterocycles. The van der Waals surface area contributed by atoms with E-state index in [1.807, 2.05) is 4.72 Å². The Bertz CT molecular complexity index is 1660. The fourth-order valence-electron chi connectivity index (χ4n) is 4.80. The van der Waals surface area contributed by atoms with E-state index in [-0.39, 0.29) is 36.6 Å². The first-order valence-electron chi connectivity index (χ1n) is 13.1. The minimum absolute atomic E-state index is 0.0137. The Labute approximate surface area is 241 Å². The summed E-state index contributed by atoms with van der Waals surface area (Å²) in [6.07, 6.45) is -8.66. The summed E-state index contributed by atoms with van der Waals surface area (Å²) in [5, 5.41) is 5.51. The number of nitrogens with zero attached hydrogens (tertiary/aromatic N) is 3. The molecule has 3 aromatic rings. The van der Waals surface area contributed by atoms with E-state index < -0.39 is 62.3 Å². The largest absolute Gasteiger partial charge is 0.436 e. The maximum absolute atomic E-state index is 14.0. The lowest BCUT2D eigenvalue weighted by atomic mass is 10.0. The zero-order valence-corrected chi connectivity index (χ0v) is 23.3. The first kappa shape index (κ1) is 30.4. The van der Waals surface area contributed by atoms with Crippen LogP contribution in [0.25, 0.3) is 0 Å². The van der Waals surface area contributed by atoms with Gasteiger partial charge in [0.25, 0.3) is 11.8 Å². The van der Waals surface area contributed by atoms with Gasteiger partial charge in [-0.15, -0.1) is 0 Å². The molecule has 0 unspecified atom stereocenters. The molecule has 1 saturated carbocycles. The third-order valence-corrected chi connectivity index (χ3v) is 8.97. The maximum atomic E-state index is 14.0. The third kappa shape index (κ3) is 6.48. The molecular weight excluding hydrogens is 604 g/mol. The molecule has 0 saturated heterocycles. The molecule has 0 bridgehead atoms. The van der Waals surface area contributed by atoms with Crippen molar-refractivity contribution in [1.82, 2.24) is 19.8 Å². The van der Waals surface area contributed by atoms with E-state index in [0.717, 1.165) is 16.8 Å². The van der Waals surface area contributed by atoms with E-state index in [1.54, 1.807) is 0 Å². The maximum Gasteiger partial charge on any atom is 0.436 e. The number of nitrogens with one attached hydrogen (secondary N) is 2. The zero-order valence-electron chi connectivity index (χ0n) is 22.5. The predicted octanol–water partition coefficient (Wildman–Crippen LogP) is 4.65. The van der Waals surface area contributed by atoms with E-state index in [0.29, 0.717) is 18.4 Å². The van der Waals surface area contributed by atoms with Gasteiger partial charge >= 0.3 is 12.4 Å². The molecule has 2 aromatic carbocycles. The van der Waals surface area contributed by atoms with Gasteiger partial charge < -0.3 is 10.2 Å². The Hall–Kier alpha value is -4.08. The standard InChI is InChI=1S/C27H25F6N5O4S/c1-15(17-5-7-18(8-6-17)23(39)36-43(41,42)20-9-10-20)34-24(40)21-22(27(31,32)33)35-38-12-11-37(25(21)38)14-16-3-2-4-19(13-16)26(28,29)30/h2-8,13,15,20H,9-12,14H2,1H3,(H,34,40)(H,36,39)/t15-/m0/s1. The highest BCUT2D eigenvalue weighted by atomic mass is 32.2. The molecule has 5 rings (SSSR count). The molecule has 230 valence electrons. The first-order valence-corrected chi connectivity index (χ1v) is 14.6. The highest BCUT2D eigenvalue weighted by Gasteiger charge is 2.44. The summed E-state index contributed by atoms with van der Waals surface area (Å²) in [7, 11) is -3.77. The zero-order chi connectivity index (χ0) is 31.3. The van der Waals surface area contributed by atoms with Crippen molar-refractivity contribution in [3.8, 4) is 0 Å². The molecule has 2 N–H and O–H groups in total. The van der Waals surface area contributed by atoms with E-state index in [9.17, 15) is 44.3 Å². The number of anilines is 1. The van der Waals surface area contributed by atoms with Crippen molar-refractivity contribution in [1.29, 1.82) is 0 Å². The average Bonchev–Trinajstić information content (AvgIpc) is 3.62. The van der Waals surface area contributed by atoms with E-state index in [1.165, 1.54) is 48.2 Å². The number of carbonyl (C=O) groups is 2. The van der Waals surface area contributed by atoms with Gasteiger partial charge in [0.2, 0.25) is 10.0 Å². The predicted molar refractivity (Wildman–Crippen MR) is 141 cm³/mol. The summed E-state index contributed by atoms with van der Waals surface area (Å²) in [5.74, 6) is -2.10. The van der Waals surface area contributed by atoms with Gasteiger partial charge in [0.05, 0.1) is 23.4 Å². The number of aromatic nitrogens is 2. The van der Waals surface area contributed by atoms with Crippen LogP contribution in [-0.4, -0.2) is 41.8 Å². The Morgan fingerprint density at radius 2 is 1.65 bits per heavy atom. The number of benzene rings is 2. The number of halogens is 6. The number of sulfonamides is 1.